The van der Waals surface area contributed by atoms with E-state index in [2.05, 4.69) is 33.1 Å². The smallest absolute Gasteiger partial charge is 0.121 e. The Morgan fingerprint density at radius 3 is 2.50 bits per heavy atom. The molecule has 1 aromatic carbocycles. The summed E-state index contributed by atoms with van der Waals surface area (Å²) >= 11 is 3.40. The number of hydrogen-bond acceptors (Lipinski definition) is 3. The lowest BCUT2D eigenvalue weighted by atomic mass is 9.99. The number of hydrogen-bond donors (Lipinski definition) is 2. The summed E-state index contributed by atoms with van der Waals surface area (Å²) in [5, 5.41) is 13.5. The maximum absolute atomic E-state index is 10.1. The number of benzene rings is 1. The third-order valence-corrected chi connectivity index (χ3v) is 4.00. The highest BCUT2D eigenvalue weighted by molar-refractivity contribution is 9.10. The van der Waals surface area contributed by atoms with Gasteiger partial charge in [0.05, 0.1) is 0 Å². The van der Waals surface area contributed by atoms with E-state index < -0.39 is 0 Å². The molecule has 0 aliphatic carbocycles. The molecule has 0 radical (unpaired) electrons. The van der Waals surface area contributed by atoms with Crippen LogP contribution >= 0.6 is 40.7 Å². The van der Waals surface area contributed by atoms with Crippen LogP contribution in [0.5, 0.6) is 5.75 Å². The van der Waals surface area contributed by atoms with E-state index in [1.54, 1.807) is 6.07 Å². The Morgan fingerprint density at radius 1 is 1.30 bits per heavy atom. The quantitative estimate of drug-likeness (QED) is 0.828. The van der Waals surface area contributed by atoms with Crippen molar-refractivity contribution in [2.45, 2.75) is 25.8 Å². The Hall–Kier alpha value is -0.000000000000000111. The zero-order chi connectivity index (χ0) is 13.0. The topological polar surface area (TPSA) is 35.5 Å². The van der Waals surface area contributed by atoms with Gasteiger partial charge in [-0.05, 0) is 18.6 Å². The zero-order valence-corrected chi connectivity index (χ0v) is 14.9. The standard InChI is InChI=1S/C14H21BrN2O.2ClH/c1-2-3-13(17-8-6-16-7-9-17)12-5-4-11(15)10-14(12)18;;/h4-5,10,13,16,18H,2-3,6-9H2,1H3;2*1H/t13-;;/m1../s1. The summed E-state index contributed by atoms with van der Waals surface area (Å²) in [4.78, 5) is 2.48. The fraction of sp³-hybridized carbons (Fsp3) is 0.571. The van der Waals surface area contributed by atoms with Gasteiger partial charge in [-0.3, -0.25) is 4.90 Å². The lowest BCUT2D eigenvalue weighted by molar-refractivity contribution is 0.162. The van der Waals surface area contributed by atoms with E-state index in [1.165, 1.54) is 0 Å². The first-order chi connectivity index (χ1) is 8.72. The zero-order valence-electron chi connectivity index (χ0n) is 11.6. The second kappa shape index (κ2) is 9.85. The lowest BCUT2D eigenvalue weighted by Crippen LogP contribution is -2.45. The number of halogens is 3. The average molecular weight is 386 g/mol. The van der Waals surface area contributed by atoms with Gasteiger partial charge in [0.2, 0.25) is 0 Å². The van der Waals surface area contributed by atoms with Gasteiger partial charge >= 0.3 is 0 Å². The molecule has 6 heteroatoms. The van der Waals surface area contributed by atoms with Crippen molar-refractivity contribution in [1.29, 1.82) is 0 Å². The van der Waals surface area contributed by atoms with E-state index in [0.717, 1.165) is 49.1 Å². The first-order valence-corrected chi connectivity index (χ1v) is 7.45. The molecule has 0 saturated carbocycles. The van der Waals surface area contributed by atoms with Crippen LogP contribution in [0.25, 0.3) is 0 Å². The predicted octanol–water partition coefficient (Wildman–Crippen LogP) is 3.74. The second-order valence-corrected chi connectivity index (χ2v) is 5.71. The molecule has 0 unspecified atom stereocenters. The Balaban J connectivity index is 0.00000180. The molecule has 0 aromatic heterocycles. The fourth-order valence-corrected chi connectivity index (χ4v) is 2.95. The molecule has 3 nitrogen and oxygen atoms in total. The minimum Gasteiger partial charge on any atom is -0.508 e. The second-order valence-electron chi connectivity index (χ2n) is 4.79. The van der Waals surface area contributed by atoms with Gasteiger partial charge in [-0.15, -0.1) is 24.8 Å². The largest absolute Gasteiger partial charge is 0.508 e. The number of aromatic hydroxyl groups is 1. The highest BCUT2D eigenvalue weighted by atomic mass is 79.9. The van der Waals surface area contributed by atoms with Crippen LogP contribution in [0.3, 0.4) is 0 Å². The summed E-state index contributed by atoms with van der Waals surface area (Å²) in [7, 11) is 0. The summed E-state index contributed by atoms with van der Waals surface area (Å²) in [6.07, 6.45) is 2.22. The Bertz CT molecular complexity index is 401. The number of nitrogens with one attached hydrogen (secondary N) is 1. The van der Waals surface area contributed by atoms with Gasteiger partial charge in [0.1, 0.15) is 5.75 Å². The maximum Gasteiger partial charge on any atom is 0.121 e. The van der Waals surface area contributed by atoms with E-state index >= 15 is 0 Å². The number of piperazine rings is 1. The minimum absolute atomic E-state index is 0. The van der Waals surface area contributed by atoms with Crippen molar-refractivity contribution in [2.24, 2.45) is 0 Å². The van der Waals surface area contributed by atoms with Crippen molar-refractivity contribution in [2.75, 3.05) is 26.2 Å². The predicted molar refractivity (Wildman–Crippen MR) is 92.4 cm³/mol. The molecule has 1 aromatic rings. The summed E-state index contributed by atoms with van der Waals surface area (Å²) in [6.45, 7) is 6.39. The molecule has 1 atom stereocenters. The van der Waals surface area contributed by atoms with E-state index in [4.69, 9.17) is 0 Å². The minimum atomic E-state index is 0. The normalized spacial score (nSPS) is 16.9. The van der Waals surface area contributed by atoms with Gasteiger partial charge < -0.3 is 10.4 Å². The van der Waals surface area contributed by atoms with Gasteiger partial charge in [0, 0.05) is 42.3 Å². The molecule has 20 heavy (non-hydrogen) atoms. The molecule has 1 aliphatic rings. The van der Waals surface area contributed by atoms with Gasteiger partial charge in [-0.2, -0.15) is 0 Å². The number of rotatable bonds is 4. The Labute approximate surface area is 142 Å². The SMILES string of the molecule is CCC[C@H](c1ccc(Br)cc1O)N1CCNCC1.Cl.Cl. The monoisotopic (exact) mass is 384 g/mol. The van der Waals surface area contributed by atoms with Crippen molar-refractivity contribution in [3.63, 3.8) is 0 Å². The molecule has 1 fully saturated rings. The summed E-state index contributed by atoms with van der Waals surface area (Å²) < 4.78 is 0.930. The van der Waals surface area contributed by atoms with Crippen LogP contribution in [-0.2, 0) is 0 Å². The highest BCUT2D eigenvalue weighted by Gasteiger charge is 2.23. The first-order valence-electron chi connectivity index (χ1n) is 6.65. The van der Waals surface area contributed by atoms with Gasteiger partial charge in [-0.25, -0.2) is 0 Å². The van der Waals surface area contributed by atoms with Crippen LogP contribution in [-0.4, -0.2) is 36.2 Å². The van der Waals surface area contributed by atoms with Crippen molar-refractivity contribution < 1.29 is 5.11 Å². The van der Waals surface area contributed by atoms with Crippen molar-refractivity contribution in [1.82, 2.24) is 10.2 Å². The molecule has 0 spiro atoms. The van der Waals surface area contributed by atoms with Gasteiger partial charge in [0.25, 0.3) is 0 Å². The van der Waals surface area contributed by atoms with Crippen LogP contribution in [0.4, 0.5) is 0 Å². The summed E-state index contributed by atoms with van der Waals surface area (Å²) in [5.74, 6) is 0.404. The van der Waals surface area contributed by atoms with Crippen LogP contribution < -0.4 is 5.32 Å². The van der Waals surface area contributed by atoms with Crippen LogP contribution in [0.2, 0.25) is 0 Å². The molecule has 1 aliphatic heterocycles. The third kappa shape index (κ3) is 5.08. The van der Waals surface area contributed by atoms with E-state index in [1.807, 2.05) is 12.1 Å². The highest BCUT2D eigenvalue weighted by Crippen LogP contribution is 2.34. The Morgan fingerprint density at radius 2 is 1.95 bits per heavy atom. The van der Waals surface area contributed by atoms with Crippen LogP contribution in [0.15, 0.2) is 22.7 Å². The van der Waals surface area contributed by atoms with E-state index in [9.17, 15) is 5.11 Å². The summed E-state index contributed by atoms with van der Waals surface area (Å²) in [6, 6.07) is 6.19. The van der Waals surface area contributed by atoms with Crippen molar-refractivity contribution in [3.05, 3.63) is 28.2 Å². The van der Waals surface area contributed by atoms with E-state index in [-0.39, 0.29) is 24.8 Å². The molecule has 1 saturated heterocycles. The van der Waals surface area contributed by atoms with Gasteiger partial charge in [-0.1, -0.05) is 35.3 Å². The number of nitrogens with zero attached hydrogens (tertiary/aromatic N) is 1. The first kappa shape index (κ1) is 20.0. The molecule has 0 amide bonds. The molecule has 2 N–H and O–H groups in total. The third-order valence-electron chi connectivity index (χ3n) is 3.51. The summed E-state index contributed by atoms with van der Waals surface area (Å²) in [5.41, 5.74) is 1.06. The molecule has 116 valence electrons. The van der Waals surface area contributed by atoms with Gasteiger partial charge in [0.15, 0.2) is 0 Å². The fourth-order valence-electron chi connectivity index (χ4n) is 2.60. The van der Waals surface area contributed by atoms with Crippen molar-refractivity contribution >= 4 is 40.7 Å². The van der Waals surface area contributed by atoms with Crippen molar-refractivity contribution in [3.8, 4) is 5.75 Å². The number of phenolic OH excluding ortho intramolecular Hbond substituents is 1. The molecule has 0 bridgehead atoms. The van der Waals surface area contributed by atoms with Crippen LogP contribution in [0.1, 0.15) is 31.4 Å². The molecular formula is C14H23BrCl2N2O. The van der Waals surface area contributed by atoms with E-state index in [0.29, 0.717) is 11.8 Å². The molecule has 1 heterocycles. The Kier molecular flexibility index (Phi) is 9.85. The van der Waals surface area contributed by atoms with Crippen LogP contribution in [0, 0.1) is 0 Å². The maximum atomic E-state index is 10.1. The average Bonchev–Trinajstić information content (AvgIpc) is 2.38. The number of phenols is 1. The lowest BCUT2D eigenvalue weighted by Gasteiger charge is -2.35. The molecule has 2 rings (SSSR count). The molecular weight excluding hydrogens is 363 g/mol.